The highest BCUT2D eigenvalue weighted by Crippen LogP contribution is 2.22. The molecular formula is C18H27N7O. The van der Waals surface area contributed by atoms with Crippen LogP contribution < -0.4 is 10.6 Å². The third-order valence-electron chi connectivity index (χ3n) is 5.40. The summed E-state index contributed by atoms with van der Waals surface area (Å²) in [5, 5.41) is 22.0. The molecule has 3 heterocycles. The van der Waals surface area contributed by atoms with Gasteiger partial charge in [0.05, 0.1) is 11.9 Å². The van der Waals surface area contributed by atoms with Crippen molar-refractivity contribution in [2.24, 2.45) is 5.92 Å². The van der Waals surface area contributed by atoms with Crippen LogP contribution in [0.1, 0.15) is 53.1 Å². The Morgan fingerprint density at radius 2 is 2.23 bits per heavy atom. The summed E-state index contributed by atoms with van der Waals surface area (Å²) < 4.78 is 1.79. The Labute approximate surface area is 153 Å². The van der Waals surface area contributed by atoms with E-state index in [2.05, 4.69) is 31.1 Å². The van der Waals surface area contributed by atoms with Gasteiger partial charge in [0.1, 0.15) is 0 Å². The summed E-state index contributed by atoms with van der Waals surface area (Å²) in [6.45, 7) is 3.48. The van der Waals surface area contributed by atoms with Crippen LogP contribution in [0.25, 0.3) is 0 Å². The van der Waals surface area contributed by atoms with Crippen molar-refractivity contribution in [3.8, 4) is 0 Å². The van der Waals surface area contributed by atoms with Gasteiger partial charge in [0.15, 0.2) is 5.69 Å². The fraction of sp³-hybridized carbons (Fsp3) is 0.667. The van der Waals surface area contributed by atoms with Crippen LogP contribution in [-0.2, 0) is 25.8 Å². The molecule has 0 saturated carbocycles. The Kier molecular flexibility index (Phi) is 5.29. The molecule has 1 atom stereocenters. The summed E-state index contributed by atoms with van der Waals surface area (Å²) in [6, 6.07) is 0. The Balaban J connectivity index is 1.26. The highest BCUT2D eigenvalue weighted by molar-refractivity contribution is 5.91. The molecule has 4 rings (SSSR count). The number of carbonyl (C=O) groups excluding carboxylic acids is 1. The molecule has 2 aromatic rings. The first-order chi connectivity index (χ1) is 12.8. The van der Waals surface area contributed by atoms with E-state index in [1.54, 1.807) is 10.9 Å². The predicted molar refractivity (Wildman–Crippen MR) is 96.9 cm³/mol. The van der Waals surface area contributed by atoms with Gasteiger partial charge in [0, 0.05) is 25.2 Å². The maximum atomic E-state index is 12.3. The van der Waals surface area contributed by atoms with Crippen LogP contribution in [-0.4, -0.2) is 50.7 Å². The second kappa shape index (κ2) is 7.99. The average Bonchev–Trinajstić information content (AvgIpc) is 3.30. The van der Waals surface area contributed by atoms with E-state index in [0.29, 0.717) is 18.2 Å². The van der Waals surface area contributed by atoms with E-state index in [4.69, 9.17) is 0 Å². The van der Waals surface area contributed by atoms with E-state index in [0.717, 1.165) is 44.6 Å². The molecule has 0 bridgehead atoms. The number of hydrogen-bond acceptors (Lipinski definition) is 5. The second-order valence-corrected chi connectivity index (χ2v) is 7.38. The Bertz CT molecular complexity index is 745. The molecule has 0 spiro atoms. The monoisotopic (exact) mass is 357 g/mol. The molecule has 1 aliphatic heterocycles. The fourth-order valence-corrected chi connectivity index (χ4v) is 3.98. The molecule has 2 aliphatic rings. The van der Waals surface area contributed by atoms with E-state index in [-0.39, 0.29) is 5.91 Å². The van der Waals surface area contributed by atoms with Gasteiger partial charge in [0.25, 0.3) is 5.91 Å². The highest BCUT2D eigenvalue weighted by Gasteiger charge is 2.18. The van der Waals surface area contributed by atoms with Crippen molar-refractivity contribution in [2.75, 3.05) is 19.6 Å². The number of H-pyrrole nitrogens is 1. The molecular weight excluding hydrogens is 330 g/mol. The van der Waals surface area contributed by atoms with E-state index >= 15 is 0 Å². The summed E-state index contributed by atoms with van der Waals surface area (Å²) in [4.78, 5) is 12.3. The van der Waals surface area contributed by atoms with Gasteiger partial charge in [-0.15, -0.1) is 5.10 Å². The number of rotatable bonds is 6. The summed E-state index contributed by atoms with van der Waals surface area (Å²) in [5.74, 6) is 0.398. The number of fused-ring (bicyclic) bond motifs is 1. The fourth-order valence-electron chi connectivity index (χ4n) is 3.98. The van der Waals surface area contributed by atoms with Crippen molar-refractivity contribution in [1.29, 1.82) is 0 Å². The normalized spacial score (nSPS) is 19.9. The van der Waals surface area contributed by atoms with Gasteiger partial charge < -0.3 is 10.6 Å². The second-order valence-electron chi connectivity index (χ2n) is 7.38. The number of carbonyl (C=O) groups is 1. The molecule has 8 heteroatoms. The first-order valence-electron chi connectivity index (χ1n) is 9.73. The molecule has 8 nitrogen and oxygen atoms in total. The Morgan fingerprint density at radius 3 is 3.12 bits per heavy atom. The number of aromatic amines is 1. The van der Waals surface area contributed by atoms with Crippen LogP contribution in [0.3, 0.4) is 0 Å². The van der Waals surface area contributed by atoms with Gasteiger partial charge in [-0.2, -0.15) is 5.10 Å². The zero-order valence-electron chi connectivity index (χ0n) is 15.1. The Hall–Kier alpha value is -2.22. The quantitative estimate of drug-likeness (QED) is 0.712. The molecule has 1 aliphatic carbocycles. The zero-order chi connectivity index (χ0) is 17.8. The molecule has 26 heavy (non-hydrogen) atoms. The lowest BCUT2D eigenvalue weighted by Crippen LogP contribution is -2.32. The lowest BCUT2D eigenvalue weighted by atomic mass is 9.95. The third kappa shape index (κ3) is 3.95. The van der Waals surface area contributed by atoms with Crippen LogP contribution in [0.15, 0.2) is 6.20 Å². The summed E-state index contributed by atoms with van der Waals surface area (Å²) in [5.41, 5.74) is 4.11. The number of nitrogens with zero attached hydrogens (tertiary/aromatic N) is 4. The molecule has 3 N–H and O–H groups in total. The van der Waals surface area contributed by atoms with Crippen molar-refractivity contribution in [1.82, 2.24) is 35.8 Å². The van der Waals surface area contributed by atoms with E-state index < -0.39 is 0 Å². The molecule has 1 amide bonds. The van der Waals surface area contributed by atoms with Crippen LogP contribution >= 0.6 is 0 Å². The summed E-state index contributed by atoms with van der Waals surface area (Å²) in [6.07, 6.45) is 9.54. The van der Waals surface area contributed by atoms with Gasteiger partial charge >= 0.3 is 0 Å². The van der Waals surface area contributed by atoms with Crippen LogP contribution in [0.5, 0.6) is 0 Å². The zero-order valence-corrected chi connectivity index (χ0v) is 15.1. The van der Waals surface area contributed by atoms with Crippen molar-refractivity contribution in [3.63, 3.8) is 0 Å². The van der Waals surface area contributed by atoms with Crippen LogP contribution in [0.4, 0.5) is 0 Å². The Morgan fingerprint density at radius 1 is 1.31 bits per heavy atom. The smallest absolute Gasteiger partial charge is 0.273 e. The van der Waals surface area contributed by atoms with Crippen molar-refractivity contribution in [2.45, 2.75) is 51.5 Å². The van der Waals surface area contributed by atoms with Crippen LogP contribution in [0, 0.1) is 5.92 Å². The van der Waals surface area contributed by atoms with Crippen molar-refractivity contribution in [3.05, 3.63) is 28.8 Å². The molecule has 0 radical (unpaired) electrons. The van der Waals surface area contributed by atoms with E-state index in [1.165, 1.54) is 36.9 Å². The predicted octanol–water partition coefficient (Wildman–Crippen LogP) is 0.852. The number of piperidine rings is 1. The minimum Gasteiger partial charge on any atom is -0.350 e. The number of amides is 1. The largest absolute Gasteiger partial charge is 0.350 e. The van der Waals surface area contributed by atoms with Crippen LogP contribution in [0.2, 0.25) is 0 Å². The van der Waals surface area contributed by atoms with Gasteiger partial charge in [-0.1, -0.05) is 5.21 Å². The third-order valence-corrected chi connectivity index (χ3v) is 5.40. The number of aryl methyl sites for hydroxylation is 1. The van der Waals surface area contributed by atoms with E-state index in [9.17, 15) is 4.79 Å². The van der Waals surface area contributed by atoms with Gasteiger partial charge in [-0.3, -0.25) is 14.6 Å². The molecule has 1 saturated heterocycles. The molecule has 0 unspecified atom stereocenters. The SMILES string of the molecule is O=C(NCCc1n[nH]c2c1CCCC2)c1cn(C[C@@H]2CCCNC2)nn1. The minimum absolute atomic E-state index is 0.164. The van der Waals surface area contributed by atoms with E-state index in [1.807, 2.05) is 0 Å². The van der Waals surface area contributed by atoms with Gasteiger partial charge in [0.2, 0.25) is 0 Å². The maximum absolute atomic E-state index is 12.3. The highest BCUT2D eigenvalue weighted by atomic mass is 16.2. The first kappa shape index (κ1) is 17.2. The summed E-state index contributed by atoms with van der Waals surface area (Å²) >= 11 is 0. The topological polar surface area (TPSA) is 101 Å². The average molecular weight is 357 g/mol. The van der Waals surface area contributed by atoms with Gasteiger partial charge in [-0.25, -0.2) is 0 Å². The van der Waals surface area contributed by atoms with Crippen molar-refractivity contribution < 1.29 is 4.79 Å². The number of aromatic nitrogens is 5. The molecule has 0 aromatic carbocycles. The molecule has 2 aromatic heterocycles. The van der Waals surface area contributed by atoms with Gasteiger partial charge in [-0.05, 0) is 63.1 Å². The maximum Gasteiger partial charge on any atom is 0.273 e. The lowest BCUT2D eigenvalue weighted by molar-refractivity contribution is 0.0949. The van der Waals surface area contributed by atoms with Crippen molar-refractivity contribution >= 4 is 5.91 Å². The molecule has 140 valence electrons. The summed E-state index contributed by atoms with van der Waals surface area (Å²) in [7, 11) is 0. The minimum atomic E-state index is -0.164. The first-order valence-corrected chi connectivity index (χ1v) is 9.73. The molecule has 1 fully saturated rings. The number of hydrogen-bond donors (Lipinski definition) is 3. The lowest BCUT2D eigenvalue weighted by Gasteiger charge is -2.22. The number of nitrogens with one attached hydrogen (secondary N) is 3. The standard InChI is InChI=1S/C18H27N7O/c26-18(17-12-25(24-23-17)11-13-4-3-8-19-10-13)20-9-7-16-14-5-1-2-6-15(14)21-22-16/h12-13,19H,1-11H2,(H,20,26)(H,21,22)/t13-/m1/s1.